The summed E-state index contributed by atoms with van der Waals surface area (Å²) in [5.41, 5.74) is 11.9. The highest BCUT2D eigenvalue weighted by molar-refractivity contribution is 5.77. The molecule has 0 bridgehead atoms. The third-order valence-electron chi connectivity index (χ3n) is 11.5. The number of carbonyl (C=O) groups is 7. The molecule has 11 N–H and O–H groups in total. The van der Waals surface area contributed by atoms with Crippen molar-refractivity contribution in [3.8, 4) is 0 Å². The van der Waals surface area contributed by atoms with Crippen LogP contribution in [0.4, 0.5) is 4.79 Å². The number of carboxylic acid groups (broad SMARTS) is 1. The Balaban J connectivity index is 2.06. The van der Waals surface area contributed by atoms with E-state index in [1.54, 1.807) is 0 Å². The van der Waals surface area contributed by atoms with E-state index >= 15 is 0 Å². The van der Waals surface area contributed by atoms with Crippen molar-refractivity contribution in [3.05, 3.63) is 0 Å². The van der Waals surface area contributed by atoms with Crippen molar-refractivity contribution in [2.75, 3.05) is 39.3 Å². The molecule has 1 rings (SSSR count). The first-order chi connectivity index (χ1) is 29.3. The van der Waals surface area contributed by atoms with Crippen LogP contribution in [0.2, 0.25) is 0 Å². The summed E-state index contributed by atoms with van der Waals surface area (Å²) < 4.78 is 5.71. The number of ether oxygens (including phenoxy) is 1. The minimum atomic E-state index is -1.08. The summed E-state index contributed by atoms with van der Waals surface area (Å²) in [5.74, 6) is -2.68. The van der Waals surface area contributed by atoms with Gasteiger partial charge in [-0.1, -0.05) is 58.8 Å². The predicted molar refractivity (Wildman–Crippen MR) is 236 cm³/mol. The number of aliphatic carboxylic acids is 1. The molecule has 61 heavy (non-hydrogen) atoms. The maximum Gasteiger partial charge on any atom is 0.407 e. The van der Waals surface area contributed by atoms with Crippen LogP contribution < -0.4 is 43.4 Å². The van der Waals surface area contributed by atoms with Gasteiger partial charge >= 0.3 is 12.1 Å². The Kier molecular flexibility index (Phi) is 31.2. The second-order valence-corrected chi connectivity index (χ2v) is 16.5. The van der Waals surface area contributed by atoms with E-state index in [-0.39, 0.29) is 41.9 Å². The highest BCUT2D eigenvalue weighted by Crippen LogP contribution is 2.39. The molecular weight excluding hydrogens is 785 g/mol. The number of rotatable bonds is 36. The van der Waals surface area contributed by atoms with Crippen LogP contribution in [0.1, 0.15) is 162 Å². The molecule has 0 saturated heterocycles. The summed E-state index contributed by atoms with van der Waals surface area (Å²) in [5, 5.41) is 27.3. The first kappa shape index (κ1) is 55.0. The molecule has 0 aromatic heterocycles. The van der Waals surface area contributed by atoms with Crippen LogP contribution in [-0.4, -0.2) is 104 Å². The van der Waals surface area contributed by atoms with Crippen molar-refractivity contribution < 1.29 is 43.4 Å². The Morgan fingerprint density at radius 2 is 0.967 bits per heavy atom. The summed E-state index contributed by atoms with van der Waals surface area (Å²) >= 11 is 0. The summed E-state index contributed by atoms with van der Waals surface area (Å²) in [6.45, 7) is 8.75. The minimum Gasteiger partial charge on any atom is -0.481 e. The van der Waals surface area contributed by atoms with Gasteiger partial charge in [0, 0.05) is 83.3 Å². The molecule has 0 heterocycles. The number of carboxylic acids is 1. The van der Waals surface area contributed by atoms with Crippen LogP contribution in [0, 0.1) is 17.8 Å². The average Bonchev–Trinajstić information content (AvgIpc) is 3.54. The number of alkyl carbamates (subject to hydrolysis) is 1. The first-order valence-electron chi connectivity index (χ1n) is 23.3. The molecule has 0 spiro atoms. The number of unbranched alkanes of at least 4 members (excludes halogenated alkanes) is 10. The smallest absolute Gasteiger partial charge is 0.407 e. The Labute approximate surface area is 364 Å². The molecule has 0 aromatic rings. The molecule has 5 atom stereocenters. The monoisotopic (exact) mass is 867 g/mol. The zero-order valence-corrected chi connectivity index (χ0v) is 37.6. The Bertz CT molecular complexity index is 1290. The maximum atomic E-state index is 12.8. The number of nitrogens with one attached hydrogen (secondary N) is 6. The van der Waals surface area contributed by atoms with Crippen molar-refractivity contribution in [1.29, 1.82) is 0 Å². The van der Waals surface area contributed by atoms with Gasteiger partial charge in [-0.25, -0.2) is 4.79 Å². The van der Waals surface area contributed by atoms with Gasteiger partial charge in [0.1, 0.15) is 6.10 Å². The summed E-state index contributed by atoms with van der Waals surface area (Å²) in [7, 11) is 0. The van der Waals surface area contributed by atoms with Crippen LogP contribution in [0.15, 0.2) is 0 Å². The van der Waals surface area contributed by atoms with Gasteiger partial charge < -0.3 is 53.2 Å². The van der Waals surface area contributed by atoms with E-state index in [1.165, 1.54) is 6.92 Å². The van der Waals surface area contributed by atoms with Crippen LogP contribution in [0.3, 0.4) is 0 Å². The van der Waals surface area contributed by atoms with Crippen molar-refractivity contribution >= 4 is 41.6 Å². The lowest BCUT2D eigenvalue weighted by Gasteiger charge is -2.36. The number of nitrogens with two attached hydrogens (primary N) is 2. The number of hydrogen-bond acceptors (Lipinski definition) is 10. The zero-order chi connectivity index (χ0) is 45.3. The third-order valence-corrected chi connectivity index (χ3v) is 11.5. The second-order valence-electron chi connectivity index (χ2n) is 16.5. The lowest BCUT2D eigenvalue weighted by atomic mass is 9.80. The van der Waals surface area contributed by atoms with E-state index in [4.69, 9.17) is 16.2 Å². The van der Waals surface area contributed by atoms with E-state index in [0.29, 0.717) is 84.2 Å². The fourth-order valence-electron chi connectivity index (χ4n) is 7.94. The van der Waals surface area contributed by atoms with Gasteiger partial charge in [-0.05, 0) is 83.1 Å². The largest absolute Gasteiger partial charge is 0.481 e. The molecule has 17 nitrogen and oxygen atoms in total. The molecule has 0 aromatic carbocycles. The summed E-state index contributed by atoms with van der Waals surface area (Å²) in [4.78, 5) is 85.1. The first-order valence-corrected chi connectivity index (χ1v) is 23.3. The normalized spacial score (nSPS) is 17.6. The van der Waals surface area contributed by atoms with Gasteiger partial charge in [0.25, 0.3) is 0 Å². The highest BCUT2D eigenvalue weighted by atomic mass is 16.6. The van der Waals surface area contributed by atoms with E-state index < -0.39 is 42.1 Å². The Hall–Kier alpha value is -3.99. The molecule has 352 valence electrons. The van der Waals surface area contributed by atoms with Crippen LogP contribution in [0.5, 0.6) is 0 Å². The fraction of sp³-hybridized carbons (Fsp3) is 0.841. The Morgan fingerprint density at radius 1 is 0.590 bits per heavy atom. The van der Waals surface area contributed by atoms with Crippen molar-refractivity contribution in [2.45, 2.75) is 180 Å². The molecule has 1 aliphatic carbocycles. The van der Waals surface area contributed by atoms with Gasteiger partial charge in [0.05, 0.1) is 5.92 Å². The van der Waals surface area contributed by atoms with E-state index in [1.807, 2.05) is 13.8 Å². The van der Waals surface area contributed by atoms with E-state index in [2.05, 4.69) is 31.9 Å². The molecule has 0 aliphatic heterocycles. The van der Waals surface area contributed by atoms with Gasteiger partial charge in [-0.3, -0.25) is 28.8 Å². The predicted octanol–water partition coefficient (Wildman–Crippen LogP) is 3.91. The Morgan fingerprint density at radius 3 is 1.36 bits per heavy atom. The van der Waals surface area contributed by atoms with Crippen molar-refractivity contribution in [3.63, 3.8) is 0 Å². The molecule has 0 radical (unpaired) electrons. The summed E-state index contributed by atoms with van der Waals surface area (Å²) in [6, 6.07) is -0.959. The van der Waals surface area contributed by atoms with Gasteiger partial charge in [0.2, 0.25) is 29.5 Å². The number of carbonyl (C=O) groups excluding carboxylic acids is 6. The van der Waals surface area contributed by atoms with Crippen molar-refractivity contribution in [1.82, 2.24) is 31.9 Å². The van der Waals surface area contributed by atoms with Crippen LogP contribution >= 0.6 is 0 Å². The molecule has 17 heteroatoms. The topological polar surface area (TPSA) is 273 Å². The average molecular weight is 867 g/mol. The van der Waals surface area contributed by atoms with Gasteiger partial charge in [0.15, 0.2) is 0 Å². The maximum absolute atomic E-state index is 12.8. The van der Waals surface area contributed by atoms with Gasteiger partial charge in [-0.15, -0.1) is 0 Å². The van der Waals surface area contributed by atoms with Gasteiger partial charge in [-0.2, -0.15) is 0 Å². The van der Waals surface area contributed by atoms with Crippen LogP contribution in [0.25, 0.3) is 0 Å². The molecule has 1 saturated carbocycles. The minimum absolute atomic E-state index is 0.00766. The lowest BCUT2D eigenvalue weighted by molar-refractivity contribution is -0.145. The molecule has 6 amide bonds. The highest BCUT2D eigenvalue weighted by Gasteiger charge is 2.52. The molecular formula is C44H82N8O9. The lowest BCUT2D eigenvalue weighted by Crippen LogP contribution is -2.53. The molecule has 5 unspecified atom stereocenters. The third kappa shape index (κ3) is 26.2. The quantitative estimate of drug-likeness (QED) is 0.0408. The second kappa shape index (κ2) is 34.6. The van der Waals surface area contributed by atoms with Crippen LogP contribution in [-0.2, 0) is 33.5 Å². The SMILES string of the molecule is CCC(CC)C(NC(C)=O)C1C(N)CC(C(=O)O)C1OC(=O)NCCCCCCNC(=O)CCCCNC(=O)CCCCCNC(=O)CCCCCNC(=O)CCCCCN. The van der Waals surface area contributed by atoms with Crippen molar-refractivity contribution in [2.24, 2.45) is 29.2 Å². The zero-order valence-electron chi connectivity index (χ0n) is 37.6. The fourth-order valence-corrected chi connectivity index (χ4v) is 7.94. The van der Waals surface area contributed by atoms with E-state index in [0.717, 1.165) is 89.9 Å². The van der Waals surface area contributed by atoms with E-state index in [9.17, 15) is 38.7 Å². The summed E-state index contributed by atoms with van der Waals surface area (Å²) in [6.07, 6.45) is 14.1. The number of hydrogen-bond donors (Lipinski definition) is 9. The standard InChI is InChI=1S/C44H82N8O9/c1-4-33(5-2)41(52-32(3)53)40-35(46)31-34(43(58)59)42(40)61-44(60)51-30-17-7-6-16-26-47-39(57)24-14-20-29-50-38(56)23-13-10-19-28-49-37(55)22-12-9-18-27-48-36(54)21-11-8-15-25-45/h33-35,40-42H,4-31,45-46H2,1-3H3,(H,47,57)(H,48,54)(H,49,55)(H,50,56)(H,51,60)(H,52,53)(H,58,59). The molecule has 1 fully saturated rings. The number of amides is 6. The molecule has 1 aliphatic rings.